The van der Waals surface area contributed by atoms with E-state index in [1.165, 1.54) is 12.8 Å². The lowest BCUT2D eigenvalue weighted by molar-refractivity contribution is 0.0938. The molecule has 1 N–H and O–H groups in total. The minimum absolute atomic E-state index is 0.0159. The van der Waals surface area contributed by atoms with Gasteiger partial charge in [0.1, 0.15) is 5.52 Å². The van der Waals surface area contributed by atoms with Gasteiger partial charge in [-0.3, -0.25) is 4.79 Å². The highest BCUT2D eigenvalue weighted by atomic mass is 16.3. The molecule has 0 unspecified atom stereocenters. The number of aryl methyl sites for hydroxylation is 1. The first-order chi connectivity index (χ1) is 8.72. The van der Waals surface area contributed by atoms with Gasteiger partial charge in [0, 0.05) is 18.5 Å². The van der Waals surface area contributed by atoms with Crippen LogP contribution in [0.25, 0.3) is 11.1 Å². The van der Waals surface area contributed by atoms with Crippen molar-refractivity contribution in [2.75, 3.05) is 0 Å². The lowest BCUT2D eigenvalue weighted by Gasteiger charge is -2.11. The molecule has 4 nitrogen and oxygen atoms in total. The van der Waals surface area contributed by atoms with Crippen molar-refractivity contribution >= 4 is 17.0 Å². The van der Waals surface area contributed by atoms with Gasteiger partial charge in [0.25, 0.3) is 5.91 Å². The highest BCUT2D eigenvalue weighted by Gasteiger charge is 2.18. The number of carbonyl (C=O) groups is 1. The van der Waals surface area contributed by atoms with E-state index in [9.17, 15) is 4.79 Å². The zero-order valence-electron chi connectivity index (χ0n) is 10.4. The van der Waals surface area contributed by atoms with Crippen molar-refractivity contribution in [1.82, 2.24) is 10.3 Å². The number of nitrogens with one attached hydrogen (secondary N) is 1. The molecule has 1 fully saturated rings. The molecule has 4 heteroatoms. The van der Waals surface area contributed by atoms with Crippen molar-refractivity contribution in [3.63, 3.8) is 0 Å². The van der Waals surface area contributed by atoms with Gasteiger partial charge < -0.3 is 9.73 Å². The molecule has 2 aromatic rings. The van der Waals surface area contributed by atoms with Crippen LogP contribution in [0.2, 0.25) is 0 Å². The van der Waals surface area contributed by atoms with Crippen molar-refractivity contribution in [3.05, 3.63) is 29.7 Å². The van der Waals surface area contributed by atoms with Gasteiger partial charge in [0.05, 0.1) is 0 Å². The summed E-state index contributed by atoms with van der Waals surface area (Å²) in [5.41, 5.74) is 2.11. The Labute approximate surface area is 105 Å². The predicted octanol–water partition coefficient (Wildman–Crippen LogP) is 2.81. The number of amides is 1. The first kappa shape index (κ1) is 11.3. The van der Waals surface area contributed by atoms with Crippen LogP contribution in [0.4, 0.5) is 0 Å². The topological polar surface area (TPSA) is 55.1 Å². The number of fused-ring (bicyclic) bond motifs is 1. The number of hydrogen-bond acceptors (Lipinski definition) is 3. The maximum Gasteiger partial charge on any atom is 0.251 e. The third kappa shape index (κ3) is 2.10. The quantitative estimate of drug-likeness (QED) is 0.883. The Morgan fingerprint density at radius 1 is 1.39 bits per heavy atom. The molecule has 18 heavy (non-hydrogen) atoms. The van der Waals surface area contributed by atoms with Gasteiger partial charge in [0.2, 0.25) is 0 Å². The Morgan fingerprint density at radius 2 is 2.17 bits per heavy atom. The number of carbonyl (C=O) groups excluding carboxylic acids is 1. The Hall–Kier alpha value is -1.84. The van der Waals surface area contributed by atoms with E-state index in [1.54, 1.807) is 19.1 Å². The Bertz CT molecular complexity index is 582. The van der Waals surface area contributed by atoms with Gasteiger partial charge in [-0.15, -0.1) is 0 Å². The SMILES string of the molecule is Cc1nc2ccc(C(=O)NC3CCCC3)cc2o1. The fraction of sp³-hybridized carbons (Fsp3) is 0.429. The third-order valence-electron chi connectivity index (χ3n) is 3.45. The van der Waals surface area contributed by atoms with Gasteiger partial charge >= 0.3 is 0 Å². The maximum absolute atomic E-state index is 12.1. The van der Waals surface area contributed by atoms with E-state index >= 15 is 0 Å². The summed E-state index contributed by atoms with van der Waals surface area (Å²) < 4.78 is 5.44. The number of benzene rings is 1. The van der Waals surface area contributed by atoms with Crippen LogP contribution in [0.3, 0.4) is 0 Å². The molecule has 1 aromatic carbocycles. The predicted molar refractivity (Wildman–Crippen MR) is 68.5 cm³/mol. The van der Waals surface area contributed by atoms with Gasteiger partial charge in [0.15, 0.2) is 11.5 Å². The number of nitrogens with zero attached hydrogens (tertiary/aromatic N) is 1. The van der Waals surface area contributed by atoms with Crippen LogP contribution in [0.1, 0.15) is 41.9 Å². The van der Waals surface area contributed by atoms with Crippen molar-refractivity contribution in [1.29, 1.82) is 0 Å². The molecule has 1 saturated carbocycles. The second-order valence-electron chi connectivity index (χ2n) is 4.87. The minimum atomic E-state index is -0.0159. The Kier molecular flexibility index (Phi) is 2.78. The first-order valence-corrected chi connectivity index (χ1v) is 6.40. The van der Waals surface area contributed by atoms with E-state index in [-0.39, 0.29) is 5.91 Å². The van der Waals surface area contributed by atoms with E-state index < -0.39 is 0 Å². The van der Waals surface area contributed by atoms with Crippen molar-refractivity contribution in [2.24, 2.45) is 0 Å². The number of rotatable bonds is 2. The molecule has 0 aliphatic heterocycles. The van der Waals surface area contributed by atoms with Gasteiger partial charge in [-0.2, -0.15) is 0 Å². The van der Waals surface area contributed by atoms with Gasteiger partial charge in [-0.05, 0) is 31.0 Å². The summed E-state index contributed by atoms with van der Waals surface area (Å²) in [5, 5.41) is 3.07. The van der Waals surface area contributed by atoms with Crippen LogP contribution < -0.4 is 5.32 Å². The summed E-state index contributed by atoms with van der Waals surface area (Å²) >= 11 is 0. The highest BCUT2D eigenvalue weighted by Crippen LogP contribution is 2.20. The molecule has 0 radical (unpaired) electrons. The van der Waals surface area contributed by atoms with E-state index in [0.717, 1.165) is 18.4 Å². The summed E-state index contributed by atoms with van der Waals surface area (Å²) in [4.78, 5) is 16.3. The highest BCUT2D eigenvalue weighted by molar-refractivity contribution is 5.97. The third-order valence-corrected chi connectivity index (χ3v) is 3.45. The van der Waals surface area contributed by atoms with Crippen LogP contribution in [0.5, 0.6) is 0 Å². The van der Waals surface area contributed by atoms with Crippen molar-refractivity contribution in [2.45, 2.75) is 38.6 Å². The second kappa shape index (κ2) is 4.44. The zero-order chi connectivity index (χ0) is 12.5. The van der Waals surface area contributed by atoms with Crippen LogP contribution in [0.15, 0.2) is 22.6 Å². The lowest BCUT2D eigenvalue weighted by Crippen LogP contribution is -2.32. The van der Waals surface area contributed by atoms with E-state index in [4.69, 9.17) is 4.42 Å². The van der Waals surface area contributed by atoms with Crippen LogP contribution in [0, 0.1) is 6.92 Å². The van der Waals surface area contributed by atoms with E-state index in [0.29, 0.717) is 23.1 Å². The monoisotopic (exact) mass is 244 g/mol. The van der Waals surface area contributed by atoms with Gasteiger partial charge in [-0.1, -0.05) is 12.8 Å². The average Bonchev–Trinajstić information content (AvgIpc) is 2.95. The summed E-state index contributed by atoms with van der Waals surface area (Å²) in [6.07, 6.45) is 4.61. The summed E-state index contributed by atoms with van der Waals surface area (Å²) in [6.45, 7) is 1.80. The number of oxazole rings is 1. The van der Waals surface area contributed by atoms with Crippen molar-refractivity contribution in [3.8, 4) is 0 Å². The molecule has 3 rings (SSSR count). The smallest absolute Gasteiger partial charge is 0.251 e. The molecular weight excluding hydrogens is 228 g/mol. The molecule has 0 spiro atoms. The molecular formula is C14H16N2O2. The molecule has 1 aliphatic carbocycles. The second-order valence-corrected chi connectivity index (χ2v) is 4.87. The Morgan fingerprint density at radius 3 is 2.94 bits per heavy atom. The molecule has 1 aromatic heterocycles. The molecule has 0 bridgehead atoms. The van der Waals surface area contributed by atoms with Crippen molar-refractivity contribution < 1.29 is 9.21 Å². The fourth-order valence-corrected chi connectivity index (χ4v) is 2.52. The molecule has 0 atom stereocenters. The normalized spacial score (nSPS) is 16.3. The van der Waals surface area contributed by atoms with Crippen LogP contribution in [-0.4, -0.2) is 16.9 Å². The molecule has 1 amide bonds. The molecule has 94 valence electrons. The van der Waals surface area contributed by atoms with Crippen LogP contribution >= 0.6 is 0 Å². The summed E-state index contributed by atoms with van der Waals surface area (Å²) in [6, 6.07) is 5.73. The van der Waals surface area contributed by atoms with E-state index in [2.05, 4.69) is 10.3 Å². The number of hydrogen-bond donors (Lipinski definition) is 1. The minimum Gasteiger partial charge on any atom is -0.441 e. The van der Waals surface area contributed by atoms with Crippen LogP contribution in [-0.2, 0) is 0 Å². The Balaban J connectivity index is 1.81. The summed E-state index contributed by atoms with van der Waals surface area (Å²) in [7, 11) is 0. The maximum atomic E-state index is 12.1. The molecule has 0 saturated heterocycles. The standard InChI is InChI=1S/C14H16N2O2/c1-9-15-12-7-6-10(8-13(12)18-9)14(17)16-11-4-2-3-5-11/h6-8,11H,2-5H2,1H3,(H,16,17). The number of aromatic nitrogens is 1. The van der Waals surface area contributed by atoms with Gasteiger partial charge in [-0.25, -0.2) is 4.98 Å². The average molecular weight is 244 g/mol. The van der Waals surface area contributed by atoms with E-state index in [1.807, 2.05) is 6.07 Å². The zero-order valence-corrected chi connectivity index (χ0v) is 10.4. The summed E-state index contributed by atoms with van der Waals surface area (Å²) in [5.74, 6) is 0.608. The first-order valence-electron chi connectivity index (χ1n) is 6.40. The molecule has 1 aliphatic rings. The molecule has 1 heterocycles. The lowest BCUT2D eigenvalue weighted by atomic mass is 10.1. The largest absolute Gasteiger partial charge is 0.441 e. The fourth-order valence-electron chi connectivity index (χ4n) is 2.52.